The molecule has 1 fully saturated rings. The minimum absolute atomic E-state index is 0.135. The van der Waals surface area contributed by atoms with E-state index in [2.05, 4.69) is 0 Å². The van der Waals surface area contributed by atoms with Crippen LogP contribution in [0.15, 0.2) is 95.9 Å². The maximum Gasteiger partial charge on any atom is 0.317 e. The fourth-order valence-electron chi connectivity index (χ4n) is 4.04. The van der Waals surface area contributed by atoms with Crippen molar-refractivity contribution in [2.24, 2.45) is 0 Å². The Morgan fingerprint density at radius 1 is 0.971 bits per heavy atom. The molecule has 1 heterocycles. The van der Waals surface area contributed by atoms with Crippen LogP contribution < -0.4 is 9.64 Å². The molecule has 2 atom stereocenters. The molecule has 3 aromatic rings. The van der Waals surface area contributed by atoms with Crippen LogP contribution in [0.25, 0.3) is 6.08 Å². The first-order valence-corrected chi connectivity index (χ1v) is 12.3. The highest BCUT2D eigenvalue weighted by atomic mass is 32.2. The summed E-state index contributed by atoms with van der Waals surface area (Å²) in [6.07, 6.45) is 3.23. The molecule has 9 heteroatoms. The maximum atomic E-state index is 13.8. The number of ether oxygens (including phenoxy) is 1. The van der Waals surface area contributed by atoms with Crippen LogP contribution in [0.4, 0.5) is 11.4 Å². The third-order valence-corrected chi connectivity index (χ3v) is 7.75. The Morgan fingerprint density at radius 3 is 2.40 bits per heavy atom. The van der Waals surface area contributed by atoms with E-state index in [1.165, 1.54) is 30.2 Å². The second-order valence-corrected chi connectivity index (χ2v) is 9.73. The van der Waals surface area contributed by atoms with Crippen molar-refractivity contribution in [2.45, 2.75) is 11.6 Å². The van der Waals surface area contributed by atoms with Gasteiger partial charge in [-0.2, -0.15) is 0 Å². The number of benzene rings is 3. The average molecular weight is 494 g/mol. The smallest absolute Gasteiger partial charge is 0.317 e. The molecule has 1 N–H and O–H groups in total. The Morgan fingerprint density at radius 2 is 1.69 bits per heavy atom. The number of hydrogen-bond donors (Lipinski definition) is 1. The molecule has 180 valence electrons. The fraction of sp³-hybridized carbons (Fsp3) is 0.154. The second-order valence-electron chi connectivity index (χ2n) is 7.72. The third kappa shape index (κ3) is 4.68. The number of rotatable bonds is 7. The van der Waals surface area contributed by atoms with E-state index in [4.69, 9.17) is 9.57 Å². The Balaban J connectivity index is 1.81. The molecule has 2 unspecified atom stereocenters. The molecule has 0 spiro atoms. The number of sulfone groups is 1. The van der Waals surface area contributed by atoms with Gasteiger partial charge in [0, 0.05) is 23.4 Å². The van der Waals surface area contributed by atoms with Crippen molar-refractivity contribution in [3.63, 3.8) is 0 Å². The number of aliphatic hydroxyl groups excluding tert-OH is 1. The van der Waals surface area contributed by atoms with Gasteiger partial charge in [-0.3, -0.25) is 0 Å². The molecule has 8 nitrogen and oxygen atoms in total. The minimum Gasteiger partial charge on any atom is -0.496 e. The van der Waals surface area contributed by atoms with Gasteiger partial charge in [0.1, 0.15) is 5.75 Å². The molecule has 0 bridgehead atoms. The van der Waals surface area contributed by atoms with E-state index < -0.39 is 21.4 Å². The van der Waals surface area contributed by atoms with Crippen LogP contribution in [0.1, 0.15) is 16.5 Å². The van der Waals surface area contributed by atoms with E-state index in [9.17, 15) is 18.4 Å². The molecule has 35 heavy (non-hydrogen) atoms. The fourth-order valence-corrected chi connectivity index (χ4v) is 6.01. The maximum absolute atomic E-state index is 13.8. The molecule has 1 aliphatic rings. The average Bonchev–Trinajstić information content (AvgIpc) is 3.09. The van der Waals surface area contributed by atoms with E-state index in [-0.39, 0.29) is 10.6 Å². The van der Waals surface area contributed by atoms with E-state index in [1.54, 1.807) is 67.8 Å². The van der Waals surface area contributed by atoms with Crippen LogP contribution >= 0.6 is 0 Å². The zero-order valence-electron chi connectivity index (χ0n) is 19.2. The molecular weight excluding hydrogens is 468 g/mol. The van der Waals surface area contributed by atoms with Crippen LogP contribution in [0, 0.1) is 4.91 Å². The lowest BCUT2D eigenvalue weighted by Crippen LogP contribution is -2.32. The van der Waals surface area contributed by atoms with Gasteiger partial charge in [-0.25, -0.2) is 13.3 Å². The number of allylic oxidation sites excluding steroid dienone is 2. The summed E-state index contributed by atoms with van der Waals surface area (Å²) in [6.45, 7) is 0. The molecule has 4 rings (SSSR count). The first-order valence-electron chi connectivity index (χ1n) is 10.8. The normalized spacial score (nSPS) is 20.3. The largest absolute Gasteiger partial charge is 0.496 e. The summed E-state index contributed by atoms with van der Waals surface area (Å²) in [5.74, 6) is 0.637. The number of methoxy groups -OCH3 is 1. The summed E-state index contributed by atoms with van der Waals surface area (Å²) in [5, 5.41) is 9.96. The van der Waals surface area contributed by atoms with Gasteiger partial charge in [-0.1, -0.05) is 60.7 Å². The van der Waals surface area contributed by atoms with Gasteiger partial charge in [-0.05, 0) is 29.8 Å². The van der Waals surface area contributed by atoms with Gasteiger partial charge in [0.05, 0.1) is 16.9 Å². The lowest BCUT2D eigenvalue weighted by Gasteiger charge is -2.27. The van der Waals surface area contributed by atoms with Gasteiger partial charge >= 0.3 is 5.69 Å². The first-order chi connectivity index (χ1) is 16.9. The Labute approximate surface area is 203 Å². The van der Waals surface area contributed by atoms with Crippen LogP contribution in [0.5, 0.6) is 5.75 Å². The molecule has 1 saturated heterocycles. The number of para-hydroxylation sites is 2. The zero-order valence-corrected chi connectivity index (χ0v) is 20.0. The number of aliphatic hydroxyl groups is 1. The summed E-state index contributed by atoms with van der Waals surface area (Å²) in [7, 11) is -1.28. The first kappa shape index (κ1) is 24.2. The summed E-state index contributed by atoms with van der Waals surface area (Å²) >= 11 is 0. The highest BCUT2D eigenvalue weighted by Gasteiger charge is 2.50. The molecule has 0 amide bonds. The molecule has 0 saturated carbocycles. The summed E-state index contributed by atoms with van der Waals surface area (Å²) in [6, 6.07) is 22.2. The van der Waals surface area contributed by atoms with Crippen molar-refractivity contribution in [3.8, 4) is 5.75 Å². The minimum atomic E-state index is -4.05. The van der Waals surface area contributed by atoms with Crippen molar-refractivity contribution in [3.05, 3.63) is 112 Å². The number of anilines is 1. The van der Waals surface area contributed by atoms with Crippen molar-refractivity contribution in [1.82, 2.24) is 0 Å². The van der Waals surface area contributed by atoms with Gasteiger partial charge in [0.15, 0.2) is 18.7 Å². The summed E-state index contributed by atoms with van der Waals surface area (Å²) in [4.78, 5) is 18.3. The highest BCUT2D eigenvalue weighted by molar-refractivity contribution is 7.96. The molecule has 0 aromatic heterocycles. The van der Waals surface area contributed by atoms with E-state index in [1.807, 2.05) is 18.2 Å². The van der Waals surface area contributed by atoms with Crippen LogP contribution in [-0.4, -0.2) is 38.9 Å². The topological polar surface area (TPSA) is 96.2 Å². The molecular formula is C26H25N2O6S+. The van der Waals surface area contributed by atoms with Gasteiger partial charge in [0.2, 0.25) is 9.84 Å². The molecule has 1 aliphatic heterocycles. The van der Waals surface area contributed by atoms with Crippen LogP contribution in [0.2, 0.25) is 0 Å². The van der Waals surface area contributed by atoms with Crippen LogP contribution in [-0.2, 0) is 14.7 Å². The summed E-state index contributed by atoms with van der Waals surface area (Å²) < 4.78 is 32.8. The number of nitrogens with zero attached hydrogens (tertiary/aromatic N) is 2. The zero-order chi connectivity index (χ0) is 25.0. The Kier molecular flexibility index (Phi) is 6.99. The van der Waals surface area contributed by atoms with E-state index in [0.717, 1.165) is 5.56 Å². The Hall–Kier alpha value is -3.95. The van der Waals surface area contributed by atoms with Crippen molar-refractivity contribution < 1.29 is 28.0 Å². The standard InChI is InChI=1S/C26H25N2O6S/c1-33-23-16-7-6-10-19(23)11-9-17-24-25(29)27(21-13-4-3-5-14-21)26(35(24,31)32)20-12-8-15-22(18-20)28(30)34-2/h3-18,25-26,29H,1-2H3/q+1. The monoisotopic (exact) mass is 493 g/mol. The predicted molar refractivity (Wildman–Crippen MR) is 133 cm³/mol. The lowest BCUT2D eigenvalue weighted by molar-refractivity contribution is -0.736. The Bertz CT molecular complexity index is 1390. The molecule has 3 aromatic carbocycles. The van der Waals surface area contributed by atoms with Crippen molar-refractivity contribution in [1.29, 1.82) is 0 Å². The van der Waals surface area contributed by atoms with Crippen molar-refractivity contribution >= 4 is 27.3 Å². The highest BCUT2D eigenvalue weighted by Crippen LogP contribution is 2.45. The van der Waals surface area contributed by atoms with E-state index >= 15 is 0 Å². The van der Waals surface area contributed by atoms with Gasteiger partial charge < -0.3 is 14.7 Å². The van der Waals surface area contributed by atoms with Crippen molar-refractivity contribution in [2.75, 3.05) is 19.1 Å². The number of hydrogen-bond acceptors (Lipinski definition) is 7. The second kappa shape index (κ2) is 10.1. The predicted octanol–water partition coefficient (Wildman–Crippen LogP) is 4.52. The lowest BCUT2D eigenvalue weighted by atomic mass is 10.1. The molecule has 0 aliphatic carbocycles. The van der Waals surface area contributed by atoms with E-state index in [0.29, 0.717) is 21.9 Å². The van der Waals surface area contributed by atoms with Crippen LogP contribution in [0.3, 0.4) is 0 Å². The molecule has 0 radical (unpaired) electrons. The third-order valence-electron chi connectivity index (χ3n) is 5.65. The quantitative estimate of drug-likeness (QED) is 0.484. The van der Waals surface area contributed by atoms with Gasteiger partial charge in [0.25, 0.3) is 4.92 Å². The van der Waals surface area contributed by atoms with Gasteiger partial charge in [-0.15, -0.1) is 0 Å². The SMILES string of the molecule is COc1ccccc1C=CC=C1C(O)N(c2ccccc2)C(c2cccc([N+](=O)OC)c2)S1(=O)=O. The summed E-state index contributed by atoms with van der Waals surface area (Å²) in [5.41, 5.74) is 1.73.